The summed E-state index contributed by atoms with van der Waals surface area (Å²) in [4.78, 5) is 0. The van der Waals surface area contributed by atoms with Crippen molar-refractivity contribution in [2.75, 3.05) is 0 Å². The number of halogens is 3. The summed E-state index contributed by atoms with van der Waals surface area (Å²) in [5.74, 6) is -0.478. The summed E-state index contributed by atoms with van der Waals surface area (Å²) in [6, 6.07) is 10.3. The molecule has 1 N–H and O–H groups in total. The molecular weight excluding hydrogens is 281 g/mol. The Morgan fingerprint density at radius 2 is 1.86 bits per heavy atom. The molecule has 1 atom stereocenters. The SMILES string of the molecule is Cc1ccc(F)cc1CC(O)c1ccccc1OC(F)F. The number of benzene rings is 2. The maximum atomic E-state index is 13.2. The lowest BCUT2D eigenvalue weighted by Crippen LogP contribution is -2.09. The first kappa shape index (κ1) is 15.4. The quantitative estimate of drug-likeness (QED) is 0.903. The van der Waals surface area contributed by atoms with E-state index in [4.69, 9.17) is 0 Å². The number of alkyl halides is 2. The van der Waals surface area contributed by atoms with Gasteiger partial charge in [0.15, 0.2) is 0 Å². The van der Waals surface area contributed by atoms with Crippen LogP contribution in [0.3, 0.4) is 0 Å². The lowest BCUT2D eigenvalue weighted by molar-refractivity contribution is -0.0515. The molecule has 21 heavy (non-hydrogen) atoms. The number of hydrogen-bond acceptors (Lipinski definition) is 2. The van der Waals surface area contributed by atoms with E-state index in [0.29, 0.717) is 5.56 Å². The molecule has 2 nitrogen and oxygen atoms in total. The number of aryl methyl sites for hydroxylation is 1. The molecule has 0 aromatic heterocycles. The second-order valence-electron chi connectivity index (χ2n) is 4.71. The Labute approximate surface area is 120 Å². The molecule has 0 heterocycles. The highest BCUT2D eigenvalue weighted by atomic mass is 19.3. The van der Waals surface area contributed by atoms with Crippen LogP contribution in [0.2, 0.25) is 0 Å². The average Bonchev–Trinajstić information content (AvgIpc) is 2.42. The number of aliphatic hydroxyl groups is 1. The van der Waals surface area contributed by atoms with Crippen LogP contribution in [-0.4, -0.2) is 11.7 Å². The molecule has 2 rings (SSSR count). The summed E-state index contributed by atoms with van der Waals surface area (Å²) in [5.41, 5.74) is 1.69. The van der Waals surface area contributed by atoms with Gasteiger partial charge in [-0.05, 0) is 36.2 Å². The van der Waals surface area contributed by atoms with E-state index >= 15 is 0 Å². The summed E-state index contributed by atoms with van der Waals surface area (Å²) in [6.45, 7) is -1.17. The summed E-state index contributed by atoms with van der Waals surface area (Å²) >= 11 is 0. The predicted octanol–water partition coefficient (Wildman–Crippen LogP) is 4.01. The molecule has 0 aliphatic carbocycles. The number of hydrogen-bond donors (Lipinski definition) is 1. The second kappa shape index (κ2) is 6.63. The Balaban J connectivity index is 2.24. The molecule has 2 aromatic carbocycles. The molecule has 0 saturated heterocycles. The van der Waals surface area contributed by atoms with Crippen LogP contribution >= 0.6 is 0 Å². The number of aliphatic hydroxyl groups excluding tert-OH is 1. The van der Waals surface area contributed by atoms with E-state index in [-0.39, 0.29) is 17.7 Å². The van der Waals surface area contributed by atoms with E-state index in [2.05, 4.69) is 4.74 Å². The summed E-state index contributed by atoms with van der Waals surface area (Å²) in [5, 5.41) is 10.2. The smallest absolute Gasteiger partial charge is 0.387 e. The number of rotatable bonds is 5. The molecule has 112 valence electrons. The van der Waals surface area contributed by atoms with E-state index in [9.17, 15) is 18.3 Å². The van der Waals surface area contributed by atoms with Crippen molar-refractivity contribution >= 4 is 0 Å². The third-order valence-corrected chi connectivity index (χ3v) is 3.22. The van der Waals surface area contributed by atoms with Gasteiger partial charge in [-0.3, -0.25) is 0 Å². The highest BCUT2D eigenvalue weighted by Gasteiger charge is 2.17. The van der Waals surface area contributed by atoms with Crippen molar-refractivity contribution < 1.29 is 23.0 Å². The topological polar surface area (TPSA) is 29.5 Å². The highest BCUT2D eigenvalue weighted by molar-refractivity contribution is 5.37. The van der Waals surface area contributed by atoms with Gasteiger partial charge in [0, 0.05) is 12.0 Å². The van der Waals surface area contributed by atoms with E-state index in [1.807, 2.05) is 0 Å². The van der Waals surface area contributed by atoms with Crippen molar-refractivity contribution in [2.24, 2.45) is 0 Å². The van der Waals surface area contributed by atoms with Gasteiger partial charge >= 0.3 is 6.61 Å². The van der Waals surface area contributed by atoms with Crippen LogP contribution in [-0.2, 0) is 6.42 Å². The van der Waals surface area contributed by atoms with Crippen LogP contribution in [0.4, 0.5) is 13.2 Å². The van der Waals surface area contributed by atoms with Crippen molar-refractivity contribution in [3.05, 3.63) is 65.0 Å². The lowest BCUT2D eigenvalue weighted by atomic mass is 9.97. The minimum atomic E-state index is -2.96. The van der Waals surface area contributed by atoms with Crippen molar-refractivity contribution in [1.82, 2.24) is 0 Å². The van der Waals surface area contributed by atoms with E-state index < -0.39 is 18.5 Å². The Morgan fingerprint density at radius 1 is 1.14 bits per heavy atom. The molecular formula is C16H15F3O2. The van der Waals surface area contributed by atoms with Crippen LogP contribution in [0.1, 0.15) is 22.8 Å². The fraction of sp³-hybridized carbons (Fsp3) is 0.250. The van der Waals surface area contributed by atoms with Gasteiger partial charge in [-0.25, -0.2) is 4.39 Å². The first-order valence-corrected chi connectivity index (χ1v) is 6.44. The predicted molar refractivity (Wildman–Crippen MR) is 72.9 cm³/mol. The first-order valence-electron chi connectivity index (χ1n) is 6.44. The zero-order valence-corrected chi connectivity index (χ0v) is 11.4. The monoisotopic (exact) mass is 296 g/mol. The average molecular weight is 296 g/mol. The van der Waals surface area contributed by atoms with Crippen molar-refractivity contribution in [2.45, 2.75) is 26.1 Å². The van der Waals surface area contributed by atoms with Crippen LogP contribution in [0.25, 0.3) is 0 Å². The molecule has 5 heteroatoms. The summed E-state index contributed by atoms with van der Waals surface area (Å²) in [6.07, 6.45) is -0.937. The molecule has 0 bridgehead atoms. The minimum Gasteiger partial charge on any atom is -0.434 e. The Morgan fingerprint density at radius 3 is 2.57 bits per heavy atom. The van der Waals surface area contributed by atoms with Gasteiger partial charge in [-0.15, -0.1) is 0 Å². The third-order valence-electron chi connectivity index (χ3n) is 3.22. The molecule has 2 aromatic rings. The lowest BCUT2D eigenvalue weighted by Gasteiger charge is -2.17. The van der Waals surface area contributed by atoms with Crippen molar-refractivity contribution in [1.29, 1.82) is 0 Å². The number of para-hydroxylation sites is 1. The van der Waals surface area contributed by atoms with E-state index in [1.165, 1.54) is 24.3 Å². The largest absolute Gasteiger partial charge is 0.434 e. The van der Waals surface area contributed by atoms with Gasteiger partial charge in [0.05, 0.1) is 6.10 Å². The molecule has 0 aliphatic heterocycles. The first-order chi connectivity index (χ1) is 9.97. The Bertz CT molecular complexity index is 614. The summed E-state index contributed by atoms with van der Waals surface area (Å²) < 4.78 is 42.3. The van der Waals surface area contributed by atoms with Crippen LogP contribution < -0.4 is 4.74 Å². The highest BCUT2D eigenvalue weighted by Crippen LogP contribution is 2.29. The molecule has 0 amide bonds. The van der Waals surface area contributed by atoms with E-state index in [0.717, 1.165) is 5.56 Å². The molecule has 0 spiro atoms. The maximum Gasteiger partial charge on any atom is 0.387 e. The fourth-order valence-electron chi connectivity index (χ4n) is 2.14. The normalized spacial score (nSPS) is 12.5. The maximum absolute atomic E-state index is 13.2. The van der Waals surface area contributed by atoms with Crippen LogP contribution in [0, 0.1) is 12.7 Å². The summed E-state index contributed by atoms with van der Waals surface area (Å²) in [7, 11) is 0. The fourth-order valence-corrected chi connectivity index (χ4v) is 2.14. The third kappa shape index (κ3) is 3.98. The Hall–Kier alpha value is -2.01. The molecule has 0 radical (unpaired) electrons. The van der Waals surface area contributed by atoms with Gasteiger partial charge in [0.1, 0.15) is 11.6 Å². The molecule has 0 aliphatic rings. The zero-order valence-electron chi connectivity index (χ0n) is 11.4. The molecule has 1 unspecified atom stereocenters. The minimum absolute atomic E-state index is 0.0749. The van der Waals surface area contributed by atoms with Crippen LogP contribution in [0.15, 0.2) is 42.5 Å². The van der Waals surface area contributed by atoms with Gasteiger partial charge in [0.2, 0.25) is 0 Å². The van der Waals surface area contributed by atoms with Gasteiger partial charge < -0.3 is 9.84 Å². The van der Waals surface area contributed by atoms with Crippen LogP contribution in [0.5, 0.6) is 5.75 Å². The van der Waals surface area contributed by atoms with Crippen molar-refractivity contribution in [3.63, 3.8) is 0 Å². The Kier molecular flexibility index (Phi) is 4.85. The van der Waals surface area contributed by atoms with Gasteiger partial charge in [-0.1, -0.05) is 24.3 Å². The molecule has 0 fully saturated rings. The van der Waals surface area contributed by atoms with Gasteiger partial charge in [0.25, 0.3) is 0 Å². The van der Waals surface area contributed by atoms with E-state index in [1.54, 1.807) is 25.1 Å². The van der Waals surface area contributed by atoms with Crippen molar-refractivity contribution in [3.8, 4) is 5.75 Å². The molecule has 0 saturated carbocycles. The zero-order chi connectivity index (χ0) is 15.4. The number of ether oxygens (including phenoxy) is 1. The standard InChI is InChI=1S/C16H15F3O2/c1-10-6-7-12(17)8-11(10)9-14(20)13-4-2-3-5-15(13)21-16(18)19/h2-8,14,16,20H,9H2,1H3. The second-order valence-corrected chi connectivity index (χ2v) is 4.71. The van der Waals surface area contributed by atoms with Gasteiger partial charge in [-0.2, -0.15) is 8.78 Å².